The molecule has 2 heterocycles. The number of hydrogen-bond donors (Lipinski definition) is 3. The van der Waals surface area contributed by atoms with Crippen LogP contribution < -0.4 is 16.0 Å². The summed E-state index contributed by atoms with van der Waals surface area (Å²) < 4.78 is 12.8. The van der Waals surface area contributed by atoms with E-state index in [0.29, 0.717) is 13.1 Å². The molecule has 4 rings (SSSR count). The van der Waals surface area contributed by atoms with E-state index in [0.717, 1.165) is 29.5 Å². The molecule has 3 aromatic rings. The molecule has 252 valence electrons. The van der Waals surface area contributed by atoms with Gasteiger partial charge < -0.3 is 34.9 Å². The summed E-state index contributed by atoms with van der Waals surface area (Å²) in [6.45, 7) is 11.6. The number of imidazole rings is 1. The van der Waals surface area contributed by atoms with E-state index < -0.39 is 41.1 Å². The summed E-state index contributed by atoms with van der Waals surface area (Å²) in [4.78, 5) is 59.4. The largest absolute Gasteiger partial charge is 0.444 e. The first-order chi connectivity index (χ1) is 22.2. The van der Waals surface area contributed by atoms with Crippen molar-refractivity contribution in [1.29, 1.82) is 0 Å². The van der Waals surface area contributed by atoms with Crippen LogP contribution in [-0.2, 0) is 30.5 Å². The van der Waals surface area contributed by atoms with Crippen molar-refractivity contribution < 1.29 is 28.7 Å². The number of ether oxygens (including phenoxy) is 2. The fraction of sp³-hybridized carbons (Fsp3) is 0.457. The summed E-state index contributed by atoms with van der Waals surface area (Å²) in [5.41, 5.74) is 0.529. The number of likely N-dealkylation sites (tertiary alicyclic amines) is 1. The van der Waals surface area contributed by atoms with Gasteiger partial charge in [0.25, 0.3) is 5.91 Å². The van der Waals surface area contributed by atoms with Crippen LogP contribution in [0.3, 0.4) is 0 Å². The van der Waals surface area contributed by atoms with Gasteiger partial charge in [-0.05, 0) is 71.1 Å². The van der Waals surface area contributed by atoms with Gasteiger partial charge in [0.05, 0.1) is 19.5 Å². The maximum absolute atomic E-state index is 13.7. The Kier molecular flexibility index (Phi) is 11.4. The molecular weight excluding hydrogens is 600 g/mol. The lowest BCUT2D eigenvalue weighted by molar-refractivity contribution is -0.132. The maximum atomic E-state index is 13.7. The van der Waals surface area contributed by atoms with E-state index >= 15 is 0 Å². The summed E-state index contributed by atoms with van der Waals surface area (Å²) in [6.07, 6.45) is 4.28. The van der Waals surface area contributed by atoms with E-state index in [9.17, 15) is 19.2 Å². The highest BCUT2D eigenvalue weighted by Crippen LogP contribution is 2.27. The van der Waals surface area contributed by atoms with Crippen LogP contribution in [0.15, 0.2) is 67.1 Å². The van der Waals surface area contributed by atoms with Crippen molar-refractivity contribution in [3.05, 3.63) is 83.8 Å². The minimum Gasteiger partial charge on any atom is -0.444 e. The third kappa shape index (κ3) is 9.89. The molecule has 0 spiro atoms. The van der Waals surface area contributed by atoms with E-state index in [2.05, 4.69) is 20.9 Å². The van der Waals surface area contributed by atoms with Crippen LogP contribution in [0.4, 0.5) is 10.6 Å². The summed E-state index contributed by atoms with van der Waals surface area (Å²) in [5, 5.41) is 8.04. The van der Waals surface area contributed by atoms with Crippen molar-refractivity contribution in [2.45, 2.75) is 84.2 Å². The zero-order chi connectivity index (χ0) is 34.2. The molecule has 3 N–H and O–H groups in total. The quantitative estimate of drug-likeness (QED) is 0.266. The summed E-state index contributed by atoms with van der Waals surface area (Å²) in [5.74, 6) is -1.03. The standard InChI is InChI=1S/C35H46N6O6/c1-24-14-10-11-17-26(24)29(31(43)40-18-12-13-19-40)41-20-28(36-23-41)38-30(42)27(22-46-21-25-15-8-7-9-16-25)37-32(44)35(5,6)39-33(45)47-34(2,3)4/h7-11,14-17,20,23,27,29H,12-13,18-19,21-22H2,1-6H3,(H,37,44)(H,38,42)(H,39,45). The van der Waals surface area contributed by atoms with Crippen LogP contribution in [-0.4, -0.2) is 75.1 Å². The molecule has 1 aromatic heterocycles. The van der Waals surface area contributed by atoms with Crippen molar-refractivity contribution in [1.82, 2.24) is 25.1 Å². The van der Waals surface area contributed by atoms with Gasteiger partial charge in [0.1, 0.15) is 23.2 Å². The number of aryl methyl sites for hydroxylation is 1. The molecule has 0 radical (unpaired) electrons. The number of benzene rings is 2. The molecule has 47 heavy (non-hydrogen) atoms. The number of hydrogen-bond acceptors (Lipinski definition) is 7. The first kappa shape index (κ1) is 35.1. The Hall–Kier alpha value is -4.71. The second-order valence-corrected chi connectivity index (χ2v) is 13.3. The van der Waals surface area contributed by atoms with Crippen molar-refractivity contribution >= 4 is 29.6 Å². The van der Waals surface area contributed by atoms with Crippen molar-refractivity contribution in [2.24, 2.45) is 0 Å². The monoisotopic (exact) mass is 646 g/mol. The predicted molar refractivity (Wildman–Crippen MR) is 177 cm³/mol. The number of nitrogens with one attached hydrogen (secondary N) is 3. The topological polar surface area (TPSA) is 144 Å². The Labute approximate surface area is 276 Å². The Bertz CT molecular complexity index is 1540. The van der Waals surface area contributed by atoms with Crippen LogP contribution in [0.25, 0.3) is 0 Å². The zero-order valence-electron chi connectivity index (χ0n) is 28.0. The average molecular weight is 647 g/mol. The number of alkyl carbamates (subject to hydrolysis) is 1. The van der Waals surface area contributed by atoms with E-state index in [1.807, 2.05) is 66.4 Å². The summed E-state index contributed by atoms with van der Waals surface area (Å²) in [7, 11) is 0. The van der Waals surface area contributed by atoms with Crippen LogP contribution in [0.5, 0.6) is 0 Å². The molecule has 0 bridgehead atoms. The molecule has 4 amide bonds. The lowest BCUT2D eigenvalue weighted by Gasteiger charge is -2.29. The predicted octanol–water partition coefficient (Wildman–Crippen LogP) is 4.35. The highest BCUT2D eigenvalue weighted by molar-refractivity contribution is 5.98. The fourth-order valence-corrected chi connectivity index (χ4v) is 5.19. The fourth-order valence-electron chi connectivity index (χ4n) is 5.19. The molecule has 1 fully saturated rings. The Morgan fingerprint density at radius 1 is 0.936 bits per heavy atom. The number of amides is 4. The maximum Gasteiger partial charge on any atom is 0.408 e. The van der Waals surface area contributed by atoms with Gasteiger partial charge in [-0.1, -0.05) is 54.6 Å². The van der Waals surface area contributed by atoms with E-state index in [1.165, 1.54) is 20.2 Å². The van der Waals surface area contributed by atoms with Crippen molar-refractivity contribution in [3.63, 3.8) is 0 Å². The highest BCUT2D eigenvalue weighted by atomic mass is 16.6. The van der Waals surface area contributed by atoms with Crippen molar-refractivity contribution in [3.8, 4) is 0 Å². The van der Waals surface area contributed by atoms with Gasteiger partial charge in [0.15, 0.2) is 5.82 Å². The number of rotatable bonds is 12. The van der Waals surface area contributed by atoms with Gasteiger partial charge in [-0.25, -0.2) is 9.78 Å². The number of carbonyl (C=O) groups is 4. The van der Waals surface area contributed by atoms with Crippen LogP contribution in [0.2, 0.25) is 0 Å². The molecule has 12 heteroatoms. The normalized spacial score (nSPS) is 14.6. The lowest BCUT2D eigenvalue weighted by atomic mass is 10.00. The first-order valence-corrected chi connectivity index (χ1v) is 15.9. The Balaban J connectivity index is 1.52. The molecule has 2 aromatic carbocycles. The van der Waals surface area contributed by atoms with Gasteiger partial charge in [-0.3, -0.25) is 14.4 Å². The molecule has 1 saturated heterocycles. The third-order valence-corrected chi connectivity index (χ3v) is 7.68. The van der Waals surface area contributed by atoms with E-state index in [1.54, 1.807) is 31.5 Å². The molecule has 1 aliphatic rings. The van der Waals surface area contributed by atoms with Crippen LogP contribution in [0.1, 0.15) is 70.2 Å². The summed E-state index contributed by atoms with van der Waals surface area (Å²) in [6, 6.07) is 15.3. The van der Waals surface area contributed by atoms with Gasteiger partial charge >= 0.3 is 6.09 Å². The highest BCUT2D eigenvalue weighted by Gasteiger charge is 2.35. The zero-order valence-corrected chi connectivity index (χ0v) is 28.0. The minimum atomic E-state index is -1.42. The minimum absolute atomic E-state index is 0.0359. The SMILES string of the molecule is Cc1ccccc1C(C(=O)N1CCCC1)n1cnc(NC(=O)C(COCc2ccccc2)NC(=O)C(C)(C)NC(=O)OC(C)(C)C)c1. The summed E-state index contributed by atoms with van der Waals surface area (Å²) >= 11 is 0. The van der Waals surface area contributed by atoms with Gasteiger partial charge in [-0.2, -0.15) is 0 Å². The van der Waals surface area contributed by atoms with Gasteiger partial charge in [-0.15, -0.1) is 0 Å². The molecule has 0 saturated carbocycles. The Morgan fingerprint density at radius 2 is 1.60 bits per heavy atom. The van der Waals surface area contributed by atoms with E-state index in [4.69, 9.17) is 9.47 Å². The smallest absolute Gasteiger partial charge is 0.408 e. The molecular formula is C35H46N6O6. The lowest BCUT2D eigenvalue weighted by Crippen LogP contribution is -2.59. The second kappa shape index (κ2) is 15.3. The van der Waals surface area contributed by atoms with E-state index in [-0.39, 0.29) is 24.9 Å². The number of anilines is 1. The number of carbonyl (C=O) groups excluding carboxylic acids is 4. The molecule has 1 aliphatic heterocycles. The molecule has 12 nitrogen and oxygen atoms in total. The second-order valence-electron chi connectivity index (χ2n) is 13.3. The van der Waals surface area contributed by atoms with Gasteiger partial charge in [0, 0.05) is 19.3 Å². The van der Waals surface area contributed by atoms with Gasteiger partial charge in [0.2, 0.25) is 11.8 Å². The number of nitrogens with zero attached hydrogens (tertiary/aromatic N) is 3. The Morgan fingerprint density at radius 3 is 2.26 bits per heavy atom. The molecule has 0 aliphatic carbocycles. The molecule has 2 unspecified atom stereocenters. The van der Waals surface area contributed by atoms with Crippen LogP contribution in [0, 0.1) is 6.92 Å². The van der Waals surface area contributed by atoms with Crippen molar-refractivity contribution in [2.75, 3.05) is 25.0 Å². The first-order valence-electron chi connectivity index (χ1n) is 15.9. The third-order valence-electron chi connectivity index (χ3n) is 7.68. The molecule has 2 atom stereocenters. The van der Waals surface area contributed by atoms with Crippen LogP contribution >= 0.6 is 0 Å². The number of aromatic nitrogens is 2. The average Bonchev–Trinajstić information content (AvgIpc) is 3.70.